The van der Waals surface area contributed by atoms with E-state index < -0.39 is 18.1 Å². The van der Waals surface area contributed by atoms with Crippen LogP contribution in [0.15, 0.2) is 30.3 Å². The van der Waals surface area contributed by atoms with Crippen molar-refractivity contribution in [1.29, 1.82) is 0 Å². The summed E-state index contributed by atoms with van der Waals surface area (Å²) in [6.45, 7) is 3.06. The van der Waals surface area contributed by atoms with Gasteiger partial charge in [-0.15, -0.1) is 5.10 Å². The molecule has 3 atom stereocenters. The molecule has 1 aromatic carbocycles. The van der Waals surface area contributed by atoms with Crippen LogP contribution in [0.5, 0.6) is 0 Å². The van der Waals surface area contributed by atoms with E-state index in [1.165, 1.54) is 13.0 Å². The zero-order valence-corrected chi connectivity index (χ0v) is 17.5. The predicted octanol–water partition coefficient (Wildman–Crippen LogP) is 3.60. The summed E-state index contributed by atoms with van der Waals surface area (Å²) in [5.41, 5.74) is 2.07. The summed E-state index contributed by atoms with van der Waals surface area (Å²) in [6, 6.07) is 9.17. The lowest BCUT2D eigenvalue weighted by Gasteiger charge is -2.12. The van der Waals surface area contributed by atoms with Gasteiger partial charge in [0.2, 0.25) is 5.82 Å². The Morgan fingerprint density at radius 2 is 1.84 bits per heavy atom. The van der Waals surface area contributed by atoms with E-state index in [0.717, 1.165) is 21.5 Å². The molecule has 8 nitrogen and oxygen atoms in total. The van der Waals surface area contributed by atoms with Crippen LogP contribution in [0.2, 0.25) is 0 Å². The van der Waals surface area contributed by atoms with Gasteiger partial charge >= 0.3 is 6.18 Å². The van der Waals surface area contributed by atoms with Crippen molar-refractivity contribution >= 4 is 11.0 Å². The number of benzene rings is 1. The lowest BCUT2D eigenvalue weighted by molar-refractivity contribution is -0.145. The molecule has 1 fully saturated rings. The molecular weight excluding hydrogens is 423 g/mol. The lowest BCUT2D eigenvalue weighted by Crippen LogP contribution is -2.17. The maximum atomic E-state index is 13.6. The predicted molar refractivity (Wildman–Crippen MR) is 108 cm³/mol. The molecule has 1 aliphatic carbocycles. The van der Waals surface area contributed by atoms with Crippen LogP contribution >= 0.6 is 0 Å². The molecule has 0 bridgehead atoms. The highest BCUT2D eigenvalue weighted by molar-refractivity contribution is 5.76. The monoisotopic (exact) mass is 443 g/mol. The van der Waals surface area contributed by atoms with Gasteiger partial charge in [-0.3, -0.25) is 0 Å². The Hall–Kier alpha value is -3.34. The fraction of sp³-hybridized carbons (Fsp3) is 0.381. The van der Waals surface area contributed by atoms with E-state index in [9.17, 15) is 18.3 Å². The van der Waals surface area contributed by atoms with Crippen molar-refractivity contribution in [2.45, 2.75) is 44.4 Å². The van der Waals surface area contributed by atoms with Crippen LogP contribution in [0.1, 0.15) is 60.3 Å². The number of aromatic nitrogens is 7. The number of fused-ring (bicyclic) bond motifs is 1. The van der Waals surface area contributed by atoms with Gasteiger partial charge in [0.25, 0.3) is 0 Å². The normalized spacial score (nSPS) is 19.5. The molecule has 0 aliphatic heterocycles. The summed E-state index contributed by atoms with van der Waals surface area (Å²) < 4.78 is 43.9. The van der Waals surface area contributed by atoms with E-state index in [4.69, 9.17) is 0 Å². The van der Waals surface area contributed by atoms with Gasteiger partial charge in [-0.05, 0) is 32.4 Å². The molecule has 11 heteroatoms. The van der Waals surface area contributed by atoms with Gasteiger partial charge in [0.1, 0.15) is 17.8 Å². The number of rotatable bonds is 4. The first-order valence-electron chi connectivity index (χ1n) is 10.1. The third-order valence-electron chi connectivity index (χ3n) is 5.64. The number of nitrogens with zero attached hydrogens (tertiary/aromatic N) is 7. The van der Waals surface area contributed by atoms with Gasteiger partial charge in [-0.1, -0.05) is 12.1 Å². The lowest BCUT2D eigenvalue weighted by atomic mass is 10.2. The Morgan fingerprint density at radius 1 is 1.09 bits per heavy atom. The van der Waals surface area contributed by atoms with Crippen molar-refractivity contribution in [3.05, 3.63) is 59.3 Å². The summed E-state index contributed by atoms with van der Waals surface area (Å²) in [5.74, 6) is -0.356. The third kappa shape index (κ3) is 3.42. The summed E-state index contributed by atoms with van der Waals surface area (Å²) in [7, 11) is 1.90. The number of alkyl halides is 3. The van der Waals surface area contributed by atoms with E-state index in [1.807, 2.05) is 35.9 Å². The van der Waals surface area contributed by atoms with Crippen LogP contribution in [-0.4, -0.2) is 39.4 Å². The maximum absolute atomic E-state index is 13.6. The Kier molecular flexibility index (Phi) is 4.55. The Labute approximate surface area is 180 Å². The van der Waals surface area contributed by atoms with Crippen LogP contribution in [-0.2, 0) is 13.2 Å². The fourth-order valence-electron chi connectivity index (χ4n) is 4.05. The molecular formula is C21H20F3N7O. The highest BCUT2D eigenvalue weighted by atomic mass is 19.4. The van der Waals surface area contributed by atoms with E-state index in [-0.39, 0.29) is 29.2 Å². The van der Waals surface area contributed by atoms with Crippen molar-refractivity contribution in [1.82, 2.24) is 34.3 Å². The minimum absolute atomic E-state index is 0.0510. The molecule has 0 saturated heterocycles. The fourth-order valence-corrected chi connectivity index (χ4v) is 4.05. The minimum Gasteiger partial charge on any atom is -0.385 e. The van der Waals surface area contributed by atoms with Gasteiger partial charge in [0.05, 0.1) is 16.7 Å². The van der Waals surface area contributed by atoms with E-state index in [2.05, 4.69) is 25.0 Å². The van der Waals surface area contributed by atoms with Crippen molar-refractivity contribution < 1.29 is 18.3 Å². The number of aryl methyl sites for hydroxylation is 2. The Bertz CT molecular complexity index is 1320. The van der Waals surface area contributed by atoms with Crippen molar-refractivity contribution in [3.8, 4) is 5.82 Å². The van der Waals surface area contributed by atoms with E-state index >= 15 is 0 Å². The second kappa shape index (κ2) is 7.09. The largest absolute Gasteiger partial charge is 0.451 e. The molecule has 0 radical (unpaired) electrons. The number of halogens is 3. The van der Waals surface area contributed by atoms with Gasteiger partial charge in [-0.25, -0.2) is 19.9 Å². The summed E-state index contributed by atoms with van der Waals surface area (Å²) in [5, 5.41) is 14.1. The first-order chi connectivity index (χ1) is 15.1. The topological polar surface area (TPSA) is 94.5 Å². The first kappa shape index (κ1) is 20.6. The molecule has 1 N–H and O–H groups in total. The Balaban J connectivity index is 1.58. The van der Waals surface area contributed by atoms with Crippen LogP contribution in [0.3, 0.4) is 0 Å². The van der Waals surface area contributed by atoms with Crippen LogP contribution in [0.25, 0.3) is 16.9 Å². The third-order valence-corrected chi connectivity index (χ3v) is 5.64. The molecule has 0 spiro atoms. The quantitative estimate of drug-likeness (QED) is 0.518. The van der Waals surface area contributed by atoms with Crippen molar-refractivity contribution in [2.75, 3.05) is 0 Å². The standard InChI is InChI=1S/C21H20F3N7O/c1-10(32)18-25-11(2)29-31(18)17-9-15(27-20(28-17)21(22,23)24)12-8-13(12)19-26-14-6-4-5-7-16(14)30(19)3/h4-7,9-10,12-13,32H,8H2,1-3H3. The van der Waals surface area contributed by atoms with Gasteiger partial charge in [0, 0.05) is 24.9 Å². The summed E-state index contributed by atoms with van der Waals surface area (Å²) in [4.78, 5) is 16.3. The average molecular weight is 443 g/mol. The zero-order valence-electron chi connectivity index (χ0n) is 17.5. The van der Waals surface area contributed by atoms with Gasteiger partial charge in [0.15, 0.2) is 11.6 Å². The van der Waals surface area contributed by atoms with Crippen LogP contribution in [0.4, 0.5) is 13.2 Å². The Morgan fingerprint density at radius 3 is 2.53 bits per heavy atom. The first-order valence-corrected chi connectivity index (χ1v) is 10.1. The highest BCUT2D eigenvalue weighted by Gasteiger charge is 2.45. The number of aliphatic hydroxyl groups is 1. The number of hydrogen-bond donors (Lipinski definition) is 1. The second-order valence-electron chi connectivity index (χ2n) is 8.04. The van der Waals surface area contributed by atoms with Crippen LogP contribution < -0.4 is 0 Å². The maximum Gasteiger partial charge on any atom is 0.451 e. The number of imidazole rings is 1. The van der Waals surface area contributed by atoms with Gasteiger partial charge < -0.3 is 9.67 Å². The number of para-hydroxylation sites is 2. The highest BCUT2D eigenvalue weighted by Crippen LogP contribution is 2.54. The molecule has 3 heterocycles. The summed E-state index contributed by atoms with van der Waals surface area (Å²) >= 11 is 0. The summed E-state index contributed by atoms with van der Waals surface area (Å²) in [6.07, 6.45) is -5.13. The van der Waals surface area contributed by atoms with E-state index in [0.29, 0.717) is 12.2 Å². The molecule has 5 rings (SSSR count). The zero-order chi connectivity index (χ0) is 22.8. The van der Waals surface area contributed by atoms with Crippen molar-refractivity contribution in [3.63, 3.8) is 0 Å². The second-order valence-corrected chi connectivity index (χ2v) is 8.04. The number of aliphatic hydroxyl groups excluding tert-OH is 1. The average Bonchev–Trinajstić information content (AvgIpc) is 3.33. The molecule has 3 unspecified atom stereocenters. The number of hydrogen-bond acceptors (Lipinski definition) is 6. The molecule has 0 amide bonds. The molecule has 1 aliphatic rings. The SMILES string of the molecule is Cc1nc(C(C)O)n(-c2cc(C3CC3c3nc4ccccc4n3C)nc(C(F)(F)F)n2)n1. The molecule has 32 heavy (non-hydrogen) atoms. The van der Waals surface area contributed by atoms with Gasteiger partial charge in [-0.2, -0.15) is 17.9 Å². The smallest absolute Gasteiger partial charge is 0.385 e. The van der Waals surface area contributed by atoms with E-state index in [1.54, 1.807) is 6.92 Å². The molecule has 1 saturated carbocycles. The van der Waals surface area contributed by atoms with Crippen LogP contribution in [0, 0.1) is 6.92 Å². The molecule has 3 aromatic heterocycles. The molecule has 166 valence electrons. The minimum atomic E-state index is -4.73. The van der Waals surface area contributed by atoms with Crippen molar-refractivity contribution in [2.24, 2.45) is 7.05 Å². The molecule has 4 aromatic rings.